The van der Waals surface area contributed by atoms with Crippen LogP contribution >= 0.6 is 27.3 Å². The Kier molecular flexibility index (Phi) is 2.34. The van der Waals surface area contributed by atoms with Crippen LogP contribution in [0.1, 0.15) is 6.42 Å². The maximum absolute atomic E-state index is 9.29. The number of hydrogen-bond acceptors (Lipinski definition) is 4. The number of aliphatic hydroxyl groups is 1. The van der Waals surface area contributed by atoms with E-state index in [4.69, 9.17) is 0 Å². The number of nitrogens with zero attached hydrogens (tertiary/aromatic N) is 2. The van der Waals surface area contributed by atoms with Gasteiger partial charge >= 0.3 is 0 Å². The van der Waals surface area contributed by atoms with Crippen molar-refractivity contribution in [2.24, 2.45) is 0 Å². The van der Waals surface area contributed by atoms with Crippen LogP contribution in [0.25, 0.3) is 0 Å². The largest absolute Gasteiger partial charge is 0.391 e. The van der Waals surface area contributed by atoms with Gasteiger partial charge < -0.3 is 10.0 Å². The van der Waals surface area contributed by atoms with Crippen molar-refractivity contribution in [3.05, 3.63) is 9.98 Å². The maximum Gasteiger partial charge on any atom is 0.186 e. The summed E-state index contributed by atoms with van der Waals surface area (Å²) < 4.78 is 0.879. The van der Waals surface area contributed by atoms with E-state index < -0.39 is 0 Å². The molecule has 66 valence electrons. The van der Waals surface area contributed by atoms with E-state index in [-0.39, 0.29) is 6.10 Å². The van der Waals surface area contributed by atoms with Crippen molar-refractivity contribution in [3.8, 4) is 0 Å². The number of aliphatic hydroxyl groups excluding tert-OH is 1. The van der Waals surface area contributed by atoms with Crippen molar-refractivity contribution in [1.82, 2.24) is 4.98 Å². The fraction of sp³-hybridized carbons (Fsp3) is 0.571. The van der Waals surface area contributed by atoms with Crippen LogP contribution in [-0.4, -0.2) is 29.3 Å². The zero-order valence-corrected chi connectivity index (χ0v) is 8.81. The van der Waals surface area contributed by atoms with Crippen molar-refractivity contribution in [2.45, 2.75) is 12.5 Å². The Morgan fingerprint density at radius 3 is 3.08 bits per heavy atom. The number of anilines is 1. The van der Waals surface area contributed by atoms with Gasteiger partial charge in [-0.1, -0.05) is 0 Å². The van der Waals surface area contributed by atoms with Gasteiger partial charge in [0.15, 0.2) is 5.13 Å². The third-order valence-corrected chi connectivity index (χ3v) is 3.51. The average Bonchev–Trinajstić information content (AvgIpc) is 2.58. The summed E-state index contributed by atoms with van der Waals surface area (Å²) in [5, 5.41) is 12.2. The summed E-state index contributed by atoms with van der Waals surface area (Å²) in [6, 6.07) is 0. The molecule has 1 N–H and O–H groups in total. The molecule has 1 aliphatic heterocycles. The first-order valence-electron chi connectivity index (χ1n) is 3.80. The molecule has 1 aromatic rings. The molecule has 2 heterocycles. The molecule has 0 spiro atoms. The molecule has 0 radical (unpaired) electrons. The molecule has 0 amide bonds. The van der Waals surface area contributed by atoms with Gasteiger partial charge in [-0.05, 0) is 22.4 Å². The van der Waals surface area contributed by atoms with E-state index >= 15 is 0 Å². The molecule has 1 aromatic heterocycles. The molecule has 2 rings (SSSR count). The van der Waals surface area contributed by atoms with Gasteiger partial charge in [-0.15, -0.1) is 11.3 Å². The van der Waals surface area contributed by atoms with Gasteiger partial charge in [0.1, 0.15) is 4.60 Å². The topological polar surface area (TPSA) is 36.4 Å². The summed E-state index contributed by atoms with van der Waals surface area (Å²) in [5.41, 5.74) is 0. The van der Waals surface area contributed by atoms with Crippen molar-refractivity contribution in [3.63, 3.8) is 0 Å². The van der Waals surface area contributed by atoms with Crippen LogP contribution in [0.4, 0.5) is 5.13 Å². The van der Waals surface area contributed by atoms with E-state index in [1.807, 2.05) is 5.38 Å². The Morgan fingerprint density at radius 2 is 2.58 bits per heavy atom. The van der Waals surface area contributed by atoms with Gasteiger partial charge in [-0.2, -0.15) is 0 Å². The van der Waals surface area contributed by atoms with Gasteiger partial charge in [0.05, 0.1) is 6.10 Å². The highest BCUT2D eigenvalue weighted by Gasteiger charge is 2.22. The van der Waals surface area contributed by atoms with Crippen LogP contribution in [0, 0.1) is 0 Å². The lowest BCUT2D eigenvalue weighted by atomic mass is 10.3. The van der Waals surface area contributed by atoms with Gasteiger partial charge in [0.2, 0.25) is 0 Å². The zero-order valence-electron chi connectivity index (χ0n) is 6.40. The smallest absolute Gasteiger partial charge is 0.186 e. The molecule has 0 bridgehead atoms. The molecule has 1 saturated heterocycles. The number of hydrogen-bond donors (Lipinski definition) is 1. The number of thiazole rings is 1. The Hall–Kier alpha value is -0.130. The standard InChI is InChI=1S/C7H9BrN2OS/c8-6-4-12-7(9-6)10-2-1-5(11)3-10/h4-5,11H,1-3H2/t5-/m0/s1. The molecule has 12 heavy (non-hydrogen) atoms. The molecule has 0 unspecified atom stereocenters. The van der Waals surface area contributed by atoms with Crippen LogP contribution in [0.5, 0.6) is 0 Å². The first-order chi connectivity index (χ1) is 5.75. The number of halogens is 1. The minimum atomic E-state index is -0.173. The summed E-state index contributed by atoms with van der Waals surface area (Å²) in [7, 11) is 0. The summed E-state index contributed by atoms with van der Waals surface area (Å²) >= 11 is 4.91. The van der Waals surface area contributed by atoms with Gasteiger partial charge in [-0.25, -0.2) is 4.98 Å². The van der Waals surface area contributed by atoms with E-state index in [0.717, 1.165) is 29.2 Å². The Balaban J connectivity index is 2.11. The van der Waals surface area contributed by atoms with E-state index in [0.29, 0.717) is 0 Å². The van der Waals surface area contributed by atoms with Crippen molar-refractivity contribution in [2.75, 3.05) is 18.0 Å². The van der Waals surface area contributed by atoms with Crippen LogP contribution in [0.3, 0.4) is 0 Å². The lowest BCUT2D eigenvalue weighted by molar-refractivity contribution is 0.198. The zero-order chi connectivity index (χ0) is 8.55. The predicted octanol–water partition coefficient (Wildman–Crippen LogP) is 1.48. The molecule has 0 aliphatic carbocycles. The first kappa shape index (κ1) is 8.47. The van der Waals surface area contributed by atoms with Gasteiger partial charge in [0.25, 0.3) is 0 Å². The number of rotatable bonds is 1. The predicted molar refractivity (Wildman–Crippen MR) is 52.7 cm³/mol. The van der Waals surface area contributed by atoms with E-state index in [1.54, 1.807) is 11.3 Å². The highest BCUT2D eigenvalue weighted by atomic mass is 79.9. The van der Waals surface area contributed by atoms with E-state index in [1.165, 1.54) is 0 Å². The van der Waals surface area contributed by atoms with Crippen molar-refractivity contribution >= 4 is 32.4 Å². The molecule has 1 aliphatic rings. The Bertz CT molecular complexity index is 278. The molecule has 0 saturated carbocycles. The summed E-state index contributed by atoms with van der Waals surface area (Å²) in [6.45, 7) is 1.64. The van der Waals surface area contributed by atoms with E-state index in [2.05, 4.69) is 25.8 Å². The minimum absolute atomic E-state index is 0.173. The lowest BCUT2D eigenvalue weighted by Gasteiger charge is -2.12. The second-order valence-electron chi connectivity index (χ2n) is 2.84. The normalized spacial score (nSPS) is 23.5. The van der Waals surface area contributed by atoms with Gasteiger partial charge in [0, 0.05) is 18.5 Å². The monoisotopic (exact) mass is 248 g/mol. The van der Waals surface area contributed by atoms with Crippen LogP contribution < -0.4 is 4.90 Å². The SMILES string of the molecule is O[C@H]1CCN(c2nc(Br)cs2)C1. The first-order valence-corrected chi connectivity index (χ1v) is 5.47. The van der Waals surface area contributed by atoms with Crippen molar-refractivity contribution < 1.29 is 5.11 Å². The third-order valence-electron chi connectivity index (χ3n) is 1.90. The minimum Gasteiger partial charge on any atom is -0.391 e. The van der Waals surface area contributed by atoms with Crippen LogP contribution in [0.2, 0.25) is 0 Å². The van der Waals surface area contributed by atoms with Crippen molar-refractivity contribution in [1.29, 1.82) is 0 Å². The number of aromatic nitrogens is 1. The maximum atomic E-state index is 9.29. The summed E-state index contributed by atoms with van der Waals surface area (Å²) in [6.07, 6.45) is 0.685. The molecule has 1 atom stereocenters. The highest BCUT2D eigenvalue weighted by molar-refractivity contribution is 9.10. The molecule has 3 nitrogen and oxygen atoms in total. The highest BCUT2D eigenvalue weighted by Crippen LogP contribution is 2.26. The summed E-state index contributed by atoms with van der Waals surface area (Å²) in [4.78, 5) is 6.39. The molecular weight excluding hydrogens is 240 g/mol. The third kappa shape index (κ3) is 1.62. The molecule has 0 aromatic carbocycles. The van der Waals surface area contributed by atoms with Crippen LogP contribution in [-0.2, 0) is 0 Å². The fourth-order valence-electron chi connectivity index (χ4n) is 1.31. The van der Waals surface area contributed by atoms with E-state index in [9.17, 15) is 5.11 Å². The fourth-order valence-corrected chi connectivity index (χ4v) is 2.59. The number of β-amino-alcohol motifs (C(OH)–C–C–N with tert-alkyl or cyclic N) is 1. The lowest BCUT2D eigenvalue weighted by Crippen LogP contribution is -2.20. The Morgan fingerprint density at radius 1 is 1.75 bits per heavy atom. The second-order valence-corrected chi connectivity index (χ2v) is 4.49. The van der Waals surface area contributed by atoms with Crippen LogP contribution in [0.15, 0.2) is 9.98 Å². The molecular formula is C7H9BrN2OS. The molecule has 5 heteroatoms. The quantitative estimate of drug-likeness (QED) is 0.818. The average molecular weight is 249 g/mol. The Labute approximate surface area is 83.2 Å². The molecule has 1 fully saturated rings. The van der Waals surface area contributed by atoms with Gasteiger partial charge in [-0.3, -0.25) is 0 Å². The second kappa shape index (κ2) is 3.32. The summed E-state index contributed by atoms with van der Waals surface area (Å²) in [5.74, 6) is 0.